The number of amides is 1. The fourth-order valence-electron chi connectivity index (χ4n) is 0.959. The summed E-state index contributed by atoms with van der Waals surface area (Å²) in [6, 6.07) is 6.88. The minimum Gasteiger partial charge on any atom is -0.494 e. The van der Waals surface area contributed by atoms with Crippen LogP contribution in [0.15, 0.2) is 24.3 Å². The van der Waals surface area contributed by atoms with Crippen molar-refractivity contribution in [3.8, 4) is 5.75 Å². The molecule has 86 valence electrons. The molecule has 0 aliphatic rings. The predicted octanol–water partition coefficient (Wildman–Crippen LogP) is 2.42. The first kappa shape index (κ1) is 16.5. The van der Waals surface area contributed by atoms with Crippen LogP contribution >= 0.6 is 24.8 Å². The average Bonchev–Trinajstić information content (AvgIpc) is 2.15. The molecule has 0 aromatic heterocycles. The third-order valence-electron chi connectivity index (χ3n) is 1.59. The molecule has 0 aliphatic carbocycles. The number of hydrogen-bond donors (Lipinski definition) is 1. The fourth-order valence-corrected chi connectivity index (χ4v) is 0.959. The van der Waals surface area contributed by atoms with Gasteiger partial charge in [0.25, 0.3) is 0 Å². The van der Waals surface area contributed by atoms with Crippen LogP contribution in [0.5, 0.6) is 5.75 Å². The van der Waals surface area contributed by atoms with E-state index >= 15 is 0 Å². The van der Waals surface area contributed by atoms with Crippen molar-refractivity contribution in [2.45, 2.75) is 13.3 Å². The summed E-state index contributed by atoms with van der Waals surface area (Å²) in [5.74, 6) is 0.264. The minimum atomic E-state index is -0.429. The molecule has 15 heavy (non-hydrogen) atoms. The first-order chi connectivity index (χ1) is 6.24. The van der Waals surface area contributed by atoms with Crippen LogP contribution in [-0.4, -0.2) is 12.5 Å². The van der Waals surface area contributed by atoms with Crippen LogP contribution in [-0.2, 0) is 0 Å². The second kappa shape index (κ2) is 8.38. The molecule has 0 fully saturated rings. The lowest BCUT2D eigenvalue weighted by Crippen LogP contribution is -2.10. The normalized spacial score (nSPS) is 8.33. The zero-order chi connectivity index (χ0) is 9.68. The maximum absolute atomic E-state index is 10.8. The van der Waals surface area contributed by atoms with Gasteiger partial charge in [-0.2, -0.15) is 0 Å². The van der Waals surface area contributed by atoms with E-state index in [4.69, 9.17) is 10.5 Å². The Hall–Kier alpha value is -0.930. The van der Waals surface area contributed by atoms with E-state index in [1.165, 1.54) is 0 Å². The van der Waals surface area contributed by atoms with E-state index in [0.717, 1.165) is 6.42 Å². The van der Waals surface area contributed by atoms with Gasteiger partial charge in [-0.25, -0.2) is 0 Å². The SMILES string of the molecule is CCCOc1cccc(C(N)=O)c1.Cl.Cl. The molecule has 5 heteroatoms. The van der Waals surface area contributed by atoms with Crippen LogP contribution in [0.3, 0.4) is 0 Å². The summed E-state index contributed by atoms with van der Waals surface area (Å²) < 4.78 is 5.34. The predicted molar refractivity (Wildman–Crippen MR) is 65.2 cm³/mol. The number of primary amides is 1. The third kappa shape index (κ3) is 5.50. The average molecular weight is 252 g/mol. The summed E-state index contributed by atoms with van der Waals surface area (Å²) in [5.41, 5.74) is 5.60. The molecular formula is C10H15Cl2NO2. The first-order valence-corrected chi connectivity index (χ1v) is 4.26. The van der Waals surface area contributed by atoms with Crippen molar-refractivity contribution in [2.75, 3.05) is 6.61 Å². The Morgan fingerprint density at radius 1 is 1.40 bits per heavy atom. The maximum atomic E-state index is 10.8. The van der Waals surface area contributed by atoms with Crippen LogP contribution in [0, 0.1) is 0 Å². The van der Waals surface area contributed by atoms with Gasteiger partial charge >= 0.3 is 0 Å². The molecule has 1 aromatic rings. The van der Waals surface area contributed by atoms with Crippen molar-refractivity contribution in [3.05, 3.63) is 29.8 Å². The van der Waals surface area contributed by atoms with Crippen molar-refractivity contribution in [3.63, 3.8) is 0 Å². The van der Waals surface area contributed by atoms with E-state index in [-0.39, 0.29) is 24.8 Å². The molecule has 1 rings (SSSR count). The smallest absolute Gasteiger partial charge is 0.248 e. The number of carbonyl (C=O) groups excluding carboxylic acids is 1. The van der Waals surface area contributed by atoms with Crippen LogP contribution in [0.4, 0.5) is 0 Å². The summed E-state index contributed by atoms with van der Waals surface area (Å²) in [5, 5.41) is 0. The molecular weight excluding hydrogens is 237 g/mol. The monoisotopic (exact) mass is 251 g/mol. The van der Waals surface area contributed by atoms with E-state index in [1.54, 1.807) is 18.2 Å². The van der Waals surface area contributed by atoms with Crippen LogP contribution < -0.4 is 10.5 Å². The van der Waals surface area contributed by atoms with Gasteiger partial charge in [0.2, 0.25) is 5.91 Å². The Bertz CT molecular complexity index is 305. The summed E-state index contributed by atoms with van der Waals surface area (Å²) in [7, 11) is 0. The highest BCUT2D eigenvalue weighted by Crippen LogP contribution is 2.12. The second-order valence-corrected chi connectivity index (χ2v) is 2.74. The highest BCUT2D eigenvalue weighted by Gasteiger charge is 2.00. The molecule has 0 spiro atoms. The minimum absolute atomic E-state index is 0. The van der Waals surface area contributed by atoms with E-state index < -0.39 is 5.91 Å². The Labute approximate surface area is 102 Å². The number of benzene rings is 1. The molecule has 0 saturated heterocycles. The molecule has 0 radical (unpaired) electrons. The zero-order valence-electron chi connectivity index (χ0n) is 8.43. The lowest BCUT2D eigenvalue weighted by molar-refractivity contribution is 0.1000. The Balaban J connectivity index is 0. The van der Waals surface area contributed by atoms with Gasteiger partial charge in [0.15, 0.2) is 0 Å². The van der Waals surface area contributed by atoms with E-state index in [1.807, 2.05) is 13.0 Å². The summed E-state index contributed by atoms with van der Waals surface area (Å²) in [6.07, 6.45) is 0.945. The fraction of sp³-hybridized carbons (Fsp3) is 0.300. The maximum Gasteiger partial charge on any atom is 0.248 e. The van der Waals surface area contributed by atoms with Crippen LogP contribution in [0.25, 0.3) is 0 Å². The number of nitrogens with two attached hydrogens (primary N) is 1. The Morgan fingerprint density at radius 2 is 2.07 bits per heavy atom. The molecule has 0 aliphatic heterocycles. The lowest BCUT2D eigenvalue weighted by atomic mass is 10.2. The molecule has 0 heterocycles. The topological polar surface area (TPSA) is 52.3 Å². The van der Waals surface area contributed by atoms with Crippen LogP contribution in [0.2, 0.25) is 0 Å². The summed E-state index contributed by atoms with van der Waals surface area (Å²) >= 11 is 0. The highest BCUT2D eigenvalue weighted by molar-refractivity contribution is 5.93. The van der Waals surface area contributed by atoms with Gasteiger partial charge in [-0.3, -0.25) is 4.79 Å². The van der Waals surface area contributed by atoms with Gasteiger partial charge in [-0.1, -0.05) is 13.0 Å². The van der Waals surface area contributed by atoms with Crippen LogP contribution in [0.1, 0.15) is 23.7 Å². The quantitative estimate of drug-likeness (QED) is 0.894. The number of hydrogen-bond acceptors (Lipinski definition) is 2. The van der Waals surface area contributed by atoms with Crippen molar-refractivity contribution >= 4 is 30.7 Å². The van der Waals surface area contributed by atoms with E-state index in [9.17, 15) is 4.79 Å². The number of ether oxygens (including phenoxy) is 1. The number of carbonyl (C=O) groups is 1. The van der Waals surface area contributed by atoms with Gasteiger partial charge in [0, 0.05) is 5.56 Å². The molecule has 2 N–H and O–H groups in total. The van der Waals surface area contributed by atoms with E-state index in [2.05, 4.69) is 0 Å². The molecule has 0 bridgehead atoms. The van der Waals surface area contributed by atoms with E-state index in [0.29, 0.717) is 17.9 Å². The molecule has 1 aromatic carbocycles. The van der Waals surface area contributed by atoms with Gasteiger partial charge in [-0.05, 0) is 24.6 Å². The molecule has 0 saturated carbocycles. The number of rotatable bonds is 4. The summed E-state index contributed by atoms with van der Waals surface area (Å²) in [6.45, 7) is 2.68. The van der Waals surface area contributed by atoms with Crippen molar-refractivity contribution in [1.82, 2.24) is 0 Å². The summed E-state index contributed by atoms with van der Waals surface area (Å²) in [4.78, 5) is 10.8. The Morgan fingerprint density at radius 3 is 2.60 bits per heavy atom. The highest BCUT2D eigenvalue weighted by atomic mass is 35.5. The third-order valence-corrected chi connectivity index (χ3v) is 1.59. The molecule has 1 amide bonds. The standard InChI is InChI=1S/C10H13NO2.2ClH/c1-2-6-13-9-5-3-4-8(7-9)10(11)12;;/h3-5,7H,2,6H2,1H3,(H2,11,12);2*1H. The molecule has 0 unspecified atom stereocenters. The zero-order valence-corrected chi connectivity index (χ0v) is 10.1. The molecule has 0 atom stereocenters. The van der Waals surface area contributed by atoms with Gasteiger partial charge in [-0.15, -0.1) is 24.8 Å². The lowest BCUT2D eigenvalue weighted by Gasteiger charge is -2.04. The Kier molecular flexibility index (Phi) is 9.22. The largest absolute Gasteiger partial charge is 0.494 e. The van der Waals surface area contributed by atoms with Gasteiger partial charge in [0.05, 0.1) is 6.61 Å². The van der Waals surface area contributed by atoms with Crippen molar-refractivity contribution in [1.29, 1.82) is 0 Å². The molecule has 3 nitrogen and oxygen atoms in total. The van der Waals surface area contributed by atoms with Crippen molar-refractivity contribution < 1.29 is 9.53 Å². The first-order valence-electron chi connectivity index (χ1n) is 4.26. The van der Waals surface area contributed by atoms with Gasteiger partial charge in [0.1, 0.15) is 5.75 Å². The second-order valence-electron chi connectivity index (χ2n) is 2.74. The van der Waals surface area contributed by atoms with Gasteiger partial charge < -0.3 is 10.5 Å². The number of halogens is 2. The van der Waals surface area contributed by atoms with Crippen molar-refractivity contribution in [2.24, 2.45) is 5.73 Å².